The van der Waals surface area contributed by atoms with Gasteiger partial charge in [-0.3, -0.25) is 0 Å². The molecule has 0 amide bonds. The first-order valence-corrected chi connectivity index (χ1v) is 12.8. The first-order valence-electron chi connectivity index (χ1n) is 11.9. The quantitative estimate of drug-likeness (QED) is 0.156. The van der Waals surface area contributed by atoms with Crippen LogP contribution in [0.1, 0.15) is 31.9 Å². The summed E-state index contributed by atoms with van der Waals surface area (Å²) >= 11 is 1.62. The van der Waals surface area contributed by atoms with Crippen LogP contribution >= 0.6 is 11.3 Å². The lowest BCUT2D eigenvalue weighted by molar-refractivity contribution is 0.171. The summed E-state index contributed by atoms with van der Waals surface area (Å²) in [5.74, 6) is 1.40. The third-order valence-corrected chi connectivity index (χ3v) is 6.50. The Hall–Kier alpha value is -3.95. The maximum Gasteiger partial charge on any atom is 0.200 e. The second kappa shape index (κ2) is 10.8. The van der Waals surface area contributed by atoms with E-state index in [9.17, 15) is 5.11 Å². The van der Waals surface area contributed by atoms with Crippen LogP contribution in [-0.4, -0.2) is 37.6 Å². The zero-order valence-electron chi connectivity index (χ0n) is 20.2. The highest BCUT2D eigenvalue weighted by molar-refractivity contribution is 7.16. The average Bonchev–Trinajstić information content (AvgIpc) is 3.54. The molecule has 9 heteroatoms. The van der Waals surface area contributed by atoms with Crippen molar-refractivity contribution in [2.45, 2.75) is 32.4 Å². The van der Waals surface area contributed by atoms with Crippen molar-refractivity contribution in [2.24, 2.45) is 0 Å². The van der Waals surface area contributed by atoms with Crippen LogP contribution in [0.2, 0.25) is 0 Å². The molecule has 0 aliphatic carbocycles. The molecule has 0 aliphatic rings. The molecule has 0 saturated carbocycles. The number of anilines is 4. The molecule has 1 atom stereocenters. The number of benzene rings is 2. The zero-order valence-corrected chi connectivity index (χ0v) is 21.0. The van der Waals surface area contributed by atoms with Crippen LogP contribution in [0.25, 0.3) is 21.5 Å². The van der Waals surface area contributed by atoms with Gasteiger partial charge in [0.2, 0.25) is 5.95 Å². The molecule has 5 N–H and O–H groups in total. The maximum atomic E-state index is 10.4. The van der Waals surface area contributed by atoms with E-state index in [1.807, 2.05) is 60.2 Å². The van der Waals surface area contributed by atoms with Gasteiger partial charge in [0.25, 0.3) is 0 Å². The van der Waals surface area contributed by atoms with E-state index in [0.717, 1.165) is 44.2 Å². The third kappa shape index (κ3) is 5.64. The normalized spacial score (nSPS) is 12.1. The number of hydrogen-bond acceptors (Lipinski definition) is 8. The molecule has 3 aromatic heterocycles. The molecule has 0 bridgehead atoms. The van der Waals surface area contributed by atoms with Crippen molar-refractivity contribution >= 4 is 44.7 Å². The molecule has 0 spiro atoms. The third-order valence-electron chi connectivity index (χ3n) is 5.71. The number of aliphatic hydroxyl groups is 1. The van der Waals surface area contributed by atoms with E-state index in [2.05, 4.69) is 55.8 Å². The minimum Gasteiger partial charge on any atom is -0.388 e. The molecule has 5 aromatic rings. The van der Waals surface area contributed by atoms with Crippen molar-refractivity contribution in [3.8, 4) is 11.3 Å². The molecular formula is C27H29N7OS. The van der Waals surface area contributed by atoms with Crippen LogP contribution in [0.3, 0.4) is 0 Å². The summed E-state index contributed by atoms with van der Waals surface area (Å²) in [4.78, 5) is 16.8. The van der Waals surface area contributed by atoms with Crippen molar-refractivity contribution < 1.29 is 5.11 Å². The summed E-state index contributed by atoms with van der Waals surface area (Å²) in [6.45, 7) is 4.80. The molecule has 36 heavy (non-hydrogen) atoms. The Morgan fingerprint density at radius 3 is 2.69 bits per heavy atom. The predicted octanol–water partition coefficient (Wildman–Crippen LogP) is 6.18. The van der Waals surface area contributed by atoms with Gasteiger partial charge in [0.15, 0.2) is 0 Å². The number of pyridine rings is 1. The summed E-state index contributed by atoms with van der Waals surface area (Å²) in [7, 11) is 0. The first-order chi connectivity index (χ1) is 17.5. The van der Waals surface area contributed by atoms with E-state index < -0.39 is 6.10 Å². The lowest BCUT2D eigenvalue weighted by Gasteiger charge is -2.16. The van der Waals surface area contributed by atoms with Gasteiger partial charge >= 0.3 is 0 Å². The Morgan fingerprint density at radius 1 is 1.00 bits per heavy atom. The average molecular weight is 500 g/mol. The number of nitrogens with one attached hydrogen (secondary N) is 4. The van der Waals surface area contributed by atoms with Crippen molar-refractivity contribution in [1.82, 2.24) is 19.9 Å². The number of rotatable bonds is 10. The van der Waals surface area contributed by atoms with Crippen molar-refractivity contribution in [3.63, 3.8) is 0 Å². The Balaban J connectivity index is 1.28. The van der Waals surface area contributed by atoms with Crippen LogP contribution in [-0.2, 0) is 0 Å². The largest absolute Gasteiger partial charge is 0.388 e. The predicted molar refractivity (Wildman–Crippen MR) is 148 cm³/mol. The second-order valence-corrected chi connectivity index (χ2v) is 9.75. The number of fused-ring (bicyclic) bond motifs is 1. The lowest BCUT2D eigenvalue weighted by atomic mass is 10.1. The van der Waals surface area contributed by atoms with Gasteiger partial charge in [-0.2, -0.15) is 0 Å². The Morgan fingerprint density at radius 2 is 1.86 bits per heavy atom. The number of aromatic nitrogens is 4. The number of nitrogens with zero attached hydrogens (tertiary/aromatic N) is 3. The van der Waals surface area contributed by atoms with Gasteiger partial charge in [0.1, 0.15) is 5.82 Å². The van der Waals surface area contributed by atoms with Crippen LogP contribution in [0.5, 0.6) is 0 Å². The highest BCUT2D eigenvalue weighted by Gasteiger charge is 2.13. The SMILES string of the molecule is CC(C)Nc1cc(Nc2ccc3ncsc3c2)ncc1-c1cnc(NCCC(O)c2ccccc2)[nH]1. The van der Waals surface area contributed by atoms with E-state index in [1.165, 1.54) is 0 Å². The number of imidazole rings is 1. The molecular weight excluding hydrogens is 470 g/mol. The van der Waals surface area contributed by atoms with Gasteiger partial charge in [-0.15, -0.1) is 11.3 Å². The first kappa shape index (κ1) is 23.8. The van der Waals surface area contributed by atoms with Gasteiger partial charge in [-0.05, 0) is 44.0 Å². The molecule has 8 nitrogen and oxygen atoms in total. The van der Waals surface area contributed by atoms with Crippen LogP contribution in [0, 0.1) is 0 Å². The number of aliphatic hydroxyl groups excluding tert-OH is 1. The van der Waals surface area contributed by atoms with E-state index in [1.54, 1.807) is 17.5 Å². The van der Waals surface area contributed by atoms with Gasteiger partial charge in [-0.25, -0.2) is 15.0 Å². The van der Waals surface area contributed by atoms with Crippen molar-refractivity contribution in [2.75, 3.05) is 22.5 Å². The van der Waals surface area contributed by atoms with Crippen LogP contribution < -0.4 is 16.0 Å². The maximum absolute atomic E-state index is 10.4. The fourth-order valence-electron chi connectivity index (χ4n) is 3.97. The number of aromatic amines is 1. The molecule has 2 aromatic carbocycles. The van der Waals surface area contributed by atoms with Gasteiger partial charge < -0.3 is 26.0 Å². The molecule has 0 saturated heterocycles. The summed E-state index contributed by atoms with van der Waals surface area (Å²) in [6, 6.07) is 18.0. The van der Waals surface area contributed by atoms with Crippen molar-refractivity contribution in [3.05, 3.63) is 78.1 Å². The summed E-state index contributed by atoms with van der Waals surface area (Å²) in [6.07, 6.45) is 3.70. The van der Waals surface area contributed by atoms with E-state index in [4.69, 9.17) is 0 Å². The highest BCUT2D eigenvalue weighted by Crippen LogP contribution is 2.31. The monoisotopic (exact) mass is 499 g/mol. The molecule has 0 fully saturated rings. The molecule has 3 heterocycles. The Bertz CT molecular complexity index is 1430. The minimum atomic E-state index is -0.518. The van der Waals surface area contributed by atoms with Crippen LogP contribution in [0.4, 0.5) is 23.1 Å². The summed E-state index contributed by atoms with van der Waals surface area (Å²) in [5.41, 5.74) is 7.46. The Labute approximate surface area is 213 Å². The van der Waals surface area contributed by atoms with Crippen LogP contribution in [0.15, 0.2) is 72.5 Å². The van der Waals surface area contributed by atoms with E-state index in [-0.39, 0.29) is 6.04 Å². The molecule has 184 valence electrons. The number of thiazole rings is 1. The lowest BCUT2D eigenvalue weighted by Crippen LogP contribution is -2.11. The molecule has 5 rings (SSSR count). The molecule has 0 radical (unpaired) electrons. The second-order valence-electron chi connectivity index (χ2n) is 8.86. The zero-order chi connectivity index (χ0) is 24.9. The summed E-state index contributed by atoms with van der Waals surface area (Å²) < 4.78 is 1.13. The fourth-order valence-corrected chi connectivity index (χ4v) is 4.68. The van der Waals surface area contributed by atoms with E-state index in [0.29, 0.717) is 18.9 Å². The Kier molecular flexibility index (Phi) is 7.11. The number of hydrogen-bond donors (Lipinski definition) is 5. The van der Waals surface area contributed by atoms with Gasteiger partial charge in [0.05, 0.1) is 33.7 Å². The standard InChI is InChI=1S/C27H29N7OS/c1-17(2)32-22-13-26(33-19-8-9-21-25(12-19)36-16-31-21)29-14-20(22)23-15-30-27(34-23)28-11-10-24(35)18-6-4-3-5-7-18/h3-9,12-17,24,35H,10-11H2,1-2H3,(H2,28,30,34)(H2,29,32,33). The summed E-state index contributed by atoms with van der Waals surface area (Å²) in [5, 5.41) is 20.6. The van der Waals surface area contributed by atoms with Gasteiger partial charge in [0, 0.05) is 41.8 Å². The van der Waals surface area contributed by atoms with Crippen molar-refractivity contribution in [1.29, 1.82) is 0 Å². The molecule has 0 aliphatic heterocycles. The smallest absolute Gasteiger partial charge is 0.200 e. The molecule has 1 unspecified atom stereocenters. The topological polar surface area (TPSA) is 111 Å². The minimum absolute atomic E-state index is 0.243. The highest BCUT2D eigenvalue weighted by atomic mass is 32.1. The fraction of sp³-hybridized carbons (Fsp3) is 0.222. The van der Waals surface area contributed by atoms with E-state index >= 15 is 0 Å². The van der Waals surface area contributed by atoms with Gasteiger partial charge in [-0.1, -0.05) is 30.3 Å². The number of H-pyrrole nitrogens is 1.